The molecule has 0 radical (unpaired) electrons. The fourth-order valence-corrected chi connectivity index (χ4v) is 3.25. The van der Waals surface area contributed by atoms with E-state index in [1.165, 1.54) is 18.4 Å². The predicted molar refractivity (Wildman–Crippen MR) is 110 cm³/mol. The van der Waals surface area contributed by atoms with Gasteiger partial charge in [0.2, 0.25) is 5.91 Å². The molecule has 148 valence electrons. The van der Waals surface area contributed by atoms with Crippen molar-refractivity contribution in [3.63, 3.8) is 0 Å². The molecule has 1 heterocycles. The van der Waals surface area contributed by atoms with Gasteiger partial charge in [0.15, 0.2) is 0 Å². The van der Waals surface area contributed by atoms with E-state index in [1.807, 2.05) is 12.1 Å². The number of anilines is 1. The number of aliphatic hydroxyl groups is 1. The third kappa shape index (κ3) is 7.80. The maximum absolute atomic E-state index is 12.0. The number of nitrogens with zero attached hydrogens (tertiary/aromatic N) is 1. The van der Waals surface area contributed by atoms with Gasteiger partial charge in [-0.1, -0.05) is 12.1 Å². The van der Waals surface area contributed by atoms with E-state index >= 15 is 0 Å². The summed E-state index contributed by atoms with van der Waals surface area (Å²) in [4.78, 5) is 14.4. The minimum Gasteiger partial charge on any atom is -0.396 e. The second-order valence-corrected chi connectivity index (χ2v) is 7.22. The summed E-state index contributed by atoms with van der Waals surface area (Å²) in [5.74, 6) is 1.28. The van der Waals surface area contributed by atoms with Crippen LogP contribution in [0.2, 0.25) is 0 Å². The predicted octanol–water partition coefficient (Wildman–Crippen LogP) is 2.67. The Hall–Kier alpha value is -0.850. The van der Waals surface area contributed by atoms with Crippen LogP contribution < -0.4 is 10.6 Å². The van der Waals surface area contributed by atoms with Gasteiger partial charge >= 0.3 is 0 Å². The largest absolute Gasteiger partial charge is 0.396 e. The van der Waals surface area contributed by atoms with Crippen LogP contribution in [0, 0.1) is 11.8 Å². The van der Waals surface area contributed by atoms with Crippen molar-refractivity contribution in [1.82, 2.24) is 10.2 Å². The summed E-state index contributed by atoms with van der Waals surface area (Å²) in [6.07, 6.45) is 4.73. The summed E-state index contributed by atoms with van der Waals surface area (Å²) in [5, 5.41) is 15.4. The van der Waals surface area contributed by atoms with E-state index < -0.39 is 0 Å². The molecule has 0 bridgehead atoms. The van der Waals surface area contributed by atoms with Crippen molar-refractivity contribution in [2.45, 2.75) is 32.2 Å². The molecule has 2 fully saturated rings. The highest BCUT2D eigenvalue weighted by molar-refractivity contribution is 5.92. The Kier molecular flexibility index (Phi) is 10.5. The number of carbonyl (C=O) groups excluding carboxylic acids is 1. The molecule has 0 unspecified atom stereocenters. The van der Waals surface area contributed by atoms with Gasteiger partial charge in [0, 0.05) is 18.8 Å². The SMILES string of the molecule is Cl.Cl.O=C(CNCC1CC1)Nc1cccc(CN2CCC(CO)CC2)c1. The molecule has 1 saturated heterocycles. The van der Waals surface area contributed by atoms with Crippen LogP contribution in [-0.4, -0.2) is 48.7 Å². The molecule has 3 rings (SSSR count). The summed E-state index contributed by atoms with van der Waals surface area (Å²) in [7, 11) is 0. The molecule has 26 heavy (non-hydrogen) atoms. The second kappa shape index (κ2) is 11.8. The molecule has 1 saturated carbocycles. The number of hydrogen-bond donors (Lipinski definition) is 3. The third-order valence-corrected chi connectivity index (χ3v) is 5.00. The van der Waals surface area contributed by atoms with Crippen LogP contribution in [0.4, 0.5) is 5.69 Å². The fourth-order valence-electron chi connectivity index (χ4n) is 3.25. The molecule has 5 nitrogen and oxygen atoms in total. The van der Waals surface area contributed by atoms with Crippen LogP contribution in [0.3, 0.4) is 0 Å². The lowest BCUT2D eigenvalue weighted by Crippen LogP contribution is -2.34. The van der Waals surface area contributed by atoms with Crippen molar-refractivity contribution in [2.24, 2.45) is 11.8 Å². The lowest BCUT2D eigenvalue weighted by molar-refractivity contribution is -0.115. The first kappa shape index (κ1) is 23.2. The van der Waals surface area contributed by atoms with Gasteiger partial charge in [0.1, 0.15) is 0 Å². The van der Waals surface area contributed by atoms with Crippen molar-refractivity contribution < 1.29 is 9.90 Å². The van der Waals surface area contributed by atoms with E-state index in [4.69, 9.17) is 0 Å². The van der Waals surface area contributed by atoms with Crippen LogP contribution in [0.1, 0.15) is 31.2 Å². The molecule has 3 N–H and O–H groups in total. The van der Waals surface area contributed by atoms with Crippen molar-refractivity contribution in [3.8, 4) is 0 Å². The van der Waals surface area contributed by atoms with Crippen LogP contribution >= 0.6 is 24.8 Å². The van der Waals surface area contributed by atoms with Crippen molar-refractivity contribution in [2.75, 3.05) is 38.1 Å². The first-order valence-corrected chi connectivity index (χ1v) is 9.15. The standard InChI is InChI=1S/C19H29N3O2.2ClH/c23-14-16-6-8-22(9-7-16)13-17-2-1-3-18(10-17)21-19(24)12-20-11-15-4-5-15;;/h1-3,10,15-16,20,23H,4-9,11-14H2,(H,21,24);2*1H. The number of nitrogens with one attached hydrogen (secondary N) is 2. The fraction of sp³-hybridized carbons (Fsp3) is 0.632. The Balaban J connectivity index is 0.00000169. The number of carbonyl (C=O) groups is 1. The zero-order valence-electron chi connectivity index (χ0n) is 15.2. The average Bonchev–Trinajstić information content (AvgIpc) is 3.40. The highest BCUT2D eigenvalue weighted by Crippen LogP contribution is 2.27. The molecule has 0 spiro atoms. The minimum atomic E-state index is 0. The zero-order valence-corrected chi connectivity index (χ0v) is 16.8. The molecule has 1 amide bonds. The Morgan fingerprint density at radius 2 is 1.85 bits per heavy atom. The van der Waals surface area contributed by atoms with Crippen LogP contribution in [0.25, 0.3) is 0 Å². The Morgan fingerprint density at radius 1 is 1.12 bits per heavy atom. The highest BCUT2D eigenvalue weighted by Gasteiger charge is 2.21. The van der Waals surface area contributed by atoms with E-state index in [1.54, 1.807) is 0 Å². The second-order valence-electron chi connectivity index (χ2n) is 7.22. The molecule has 0 aromatic heterocycles. The number of aliphatic hydroxyl groups excluding tert-OH is 1. The number of benzene rings is 1. The maximum Gasteiger partial charge on any atom is 0.238 e. The smallest absolute Gasteiger partial charge is 0.238 e. The molecular weight excluding hydrogens is 373 g/mol. The van der Waals surface area contributed by atoms with Crippen molar-refractivity contribution in [1.29, 1.82) is 0 Å². The number of hydrogen-bond acceptors (Lipinski definition) is 4. The Labute approximate surface area is 168 Å². The van der Waals surface area contributed by atoms with Gasteiger partial charge in [-0.15, -0.1) is 24.8 Å². The molecule has 2 aliphatic rings. The normalized spacial score (nSPS) is 17.9. The van der Waals surface area contributed by atoms with E-state index in [2.05, 4.69) is 27.7 Å². The van der Waals surface area contributed by atoms with Gasteiger partial charge in [0.05, 0.1) is 6.54 Å². The number of halogens is 2. The first-order chi connectivity index (χ1) is 11.7. The third-order valence-electron chi connectivity index (χ3n) is 5.00. The molecule has 7 heteroatoms. The molecular formula is C19H31Cl2N3O2. The Morgan fingerprint density at radius 3 is 2.50 bits per heavy atom. The van der Waals surface area contributed by atoms with Gasteiger partial charge in [0.25, 0.3) is 0 Å². The summed E-state index contributed by atoms with van der Waals surface area (Å²) in [6, 6.07) is 8.12. The minimum absolute atomic E-state index is 0. The maximum atomic E-state index is 12.0. The van der Waals surface area contributed by atoms with Crippen molar-refractivity contribution >= 4 is 36.4 Å². The van der Waals surface area contributed by atoms with Crippen LogP contribution in [-0.2, 0) is 11.3 Å². The zero-order chi connectivity index (χ0) is 16.8. The van der Waals surface area contributed by atoms with E-state index in [-0.39, 0.29) is 30.7 Å². The quantitative estimate of drug-likeness (QED) is 0.624. The number of amides is 1. The summed E-state index contributed by atoms with van der Waals surface area (Å²) >= 11 is 0. The molecule has 1 aromatic carbocycles. The lowest BCUT2D eigenvalue weighted by atomic mass is 9.97. The van der Waals surface area contributed by atoms with Gasteiger partial charge in [-0.05, 0) is 74.8 Å². The van der Waals surface area contributed by atoms with Crippen LogP contribution in [0.5, 0.6) is 0 Å². The summed E-state index contributed by atoms with van der Waals surface area (Å²) in [6.45, 7) is 4.62. The van der Waals surface area contributed by atoms with E-state index in [9.17, 15) is 9.90 Å². The van der Waals surface area contributed by atoms with E-state index in [0.717, 1.165) is 50.6 Å². The Bertz CT molecular complexity index is 547. The molecule has 1 aromatic rings. The summed E-state index contributed by atoms with van der Waals surface area (Å²) < 4.78 is 0. The number of piperidine rings is 1. The monoisotopic (exact) mass is 403 g/mol. The van der Waals surface area contributed by atoms with Gasteiger partial charge in [-0.3, -0.25) is 9.69 Å². The topological polar surface area (TPSA) is 64.6 Å². The number of rotatable bonds is 8. The van der Waals surface area contributed by atoms with E-state index in [0.29, 0.717) is 19.1 Å². The molecule has 1 aliphatic carbocycles. The van der Waals surface area contributed by atoms with Crippen LogP contribution in [0.15, 0.2) is 24.3 Å². The lowest BCUT2D eigenvalue weighted by Gasteiger charge is -2.31. The number of likely N-dealkylation sites (tertiary alicyclic amines) is 1. The average molecular weight is 404 g/mol. The molecule has 1 aliphatic heterocycles. The van der Waals surface area contributed by atoms with Gasteiger partial charge in [-0.2, -0.15) is 0 Å². The molecule has 0 atom stereocenters. The summed E-state index contributed by atoms with van der Waals surface area (Å²) in [5.41, 5.74) is 2.09. The first-order valence-electron chi connectivity index (χ1n) is 9.15. The van der Waals surface area contributed by atoms with Crippen molar-refractivity contribution in [3.05, 3.63) is 29.8 Å². The van der Waals surface area contributed by atoms with Gasteiger partial charge < -0.3 is 15.7 Å². The van der Waals surface area contributed by atoms with Gasteiger partial charge in [-0.25, -0.2) is 0 Å². The highest BCUT2D eigenvalue weighted by atomic mass is 35.5.